The van der Waals surface area contributed by atoms with Crippen molar-refractivity contribution in [2.75, 3.05) is 13.7 Å². The lowest BCUT2D eigenvalue weighted by Crippen LogP contribution is -2.49. The topological polar surface area (TPSA) is 48.0 Å². The number of carbonyl (C=O) groups is 1. The van der Waals surface area contributed by atoms with E-state index in [0.29, 0.717) is 6.61 Å². The number of benzene rings is 2. The molecule has 1 aliphatic heterocycles. The summed E-state index contributed by atoms with van der Waals surface area (Å²) in [7, 11) is -0.550. The highest BCUT2D eigenvalue weighted by atomic mass is 28.4. The van der Waals surface area contributed by atoms with Crippen molar-refractivity contribution in [2.45, 2.75) is 110 Å². The minimum Gasteiger partial charge on any atom is -0.497 e. The van der Waals surface area contributed by atoms with Gasteiger partial charge in [0.25, 0.3) is 0 Å². The molecule has 5 nitrogen and oxygen atoms in total. The molecule has 1 amide bonds. The summed E-state index contributed by atoms with van der Waals surface area (Å²) < 4.78 is 18.6. The highest BCUT2D eigenvalue weighted by molar-refractivity contribution is 6.74. The molecule has 0 bridgehead atoms. The first-order chi connectivity index (χ1) is 19.4. The summed E-state index contributed by atoms with van der Waals surface area (Å²) in [4.78, 5) is 15.3. The lowest BCUT2D eigenvalue weighted by Gasteiger charge is -2.49. The number of ether oxygens (including phenoxy) is 2. The monoisotopic (exact) mass is 579 g/mol. The molecule has 3 atom stereocenters. The van der Waals surface area contributed by atoms with Crippen LogP contribution >= 0.6 is 0 Å². The SMILES string of the molecule is C=C(N1C(=O)OC[C@@H]1Cc1ccccc1)[C@@](CC)(CCCCCC)[C@@H](O[Si](C)(C)C(C)(C)C)c1ccc(OC)cc1. The van der Waals surface area contributed by atoms with Gasteiger partial charge in [-0.05, 0) is 60.7 Å². The first-order valence-electron chi connectivity index (χ1n) is 15.4. The molecule has 2 aromatic carbocycles. The number of rotatable bonds is 15. The smallest absolute Gasteiger partial charge is 0.414 e. The maximum atomic E-state index is 13.4. The molecule has 1 saturated heterocycles. The molecule has 3 rings (SSSR count). The Hall–Kier alpha value is -2.57. The molecular weight excluding hydrogens is 526 g/mol. The van der Waals surface area contributed by atoms with Gasteiger partial charge in [-0.2, -0.15) is 0 Å². The number of amides is 1. The first-order valence-corrected chi connectivity index (χ1v) is 18.3. The van der Waals surface area contributed by atoms with Crippen LogP contribution in [0.5, 0.6) is 5.75 Å². The maximum absolute atomic E-state index is 13.4. The fraction of sp³-hybridized carbons (Fsp3) is 0.571. The molecule has 1 fully saturated rings. The third-order valence-corrected chi connectivity index (χ3v) is 13.8. The molecule has 0 aromatic heterocycles. The van der Waals surface area contributed by atoms with Crippen LogP contribution < -0.4 is 4.74 Å². The van der Waals surface area contributed by atoms with Crippen molar-refractivity contribution in [1.29, 1.82) is 0 Å². The van der Waals surface area contributed by atoms with Gasteiger partial charge in [-0.25, -0.2) is 4.79 Å². The maximum Gasteiger partial charge on any atom is 0.414 e. The summed E-state index contributed by atoms with van der Waals surface area (Å²) in [5, 5.41) is 0.0170. The summed E-state index contributed by atoms with van der Waals surface area (Å²) in [5.41, 5.74) is 2.61. The van der Waals surface area contributed by atoms with Crippen molar-refractivity contribution in [1.82, 2.24) is 4.90 Å². The number of unbranched alkanes of at least 4 members (excludes halogenated alkanes) is 3. The normalized spacial score (nSPS) is 18.1. The Balaban J connectivity index is 2.14. The van der Waals surface area contributed by atoms with Crippen LogP contribution in [-0.2, 0) is 15.6 Å². The van der Waals surface area contributed by atoms with Crippen LogP contribution in [0.25, 0.3) is 0 Å². The molecule has 41 heavy (non-hydrogen) atoms. The predicted molar refractivity (Wildman–Crippen MR) is 172 cm³/mol. The second-order valence-corrected chi connectivity index (χ2v) is 17.8. The van der Waals surface area contributed by atoms with E-state index >= 15 is 0 Å². The van der Waals surface area contributed by atoms with Crippen molar-refractivity contribution in [3.05, 3.63) is 78.0 Å². The van der Waals surface area contributed by atoms with E-state index in [1.807, 2.05) is 35.2 Å². The summed E-state index contributed by atoms with van der Waals surface area (Å²) in [6.45, 7) is 21.0. The Morgan fingerprint density at radius 3 is 2.27 bits per heavy atom. The molecule has 1 heterocycles. The molecule has 1 aliphatic rings. The molecule has 6 heteroatoms. The van der Waals surface area contributed by atoms with Gasteiger partial charge in [0.05, 0.1) is 19.3 Å². The molecule has 0 radical (unpaired) electrons. The fourth-order valence-electron chi connectivity index (χ4n) is 5.68. The van der Waals surface area contributed by atoms with Crippen LogP contribution in [-0.4, -0.2) is 39.1 Å². The average Bonchev–Trinajstić information content (AvgIpc) is 3.31. The number of carbonyl (C=O) groups excluding carboxylic acids is 1. The van der Waals surface area contributed by atoms with Crippen LogP contribution in [0.4, 0.5) is 4.79 Å². The Labute approximate surface area is 250 Å². The van der Waals surface area contributed by atoms with Crippen molar-refractivity contribution in [3.63, 3.8) is 0 Å². The second-order valence-electron chi connectivity index (χ2n) is 13.1. The minimum absolute atomic E-state index is 0.0170. The standard InChI is InChI=1S/C35H53NO4Si/c1-10-12-13-17-24-35(11-2,27(3)36-30(26-39-33(36)37)25-28-18-15-14-16-19-28)32(40-41(8,9)34(4,5)6)29-20-22-31(38-7)23-21-29/h14-16,18-23,30,32H,3,10-13,17,24-26H2,1-2,4-9H3/t30-,32-,35+/m0/s1. The molecule has 0 unspecified atom stereocenters. The van der Waals surface area contributed by atoms with Gasteiger partial charge in [0.15, 0.2) is 8.32 Å². The number of hydrogen-bond acceptors (Lipinski definition) is 4. The second kappa shape index (κ2) is 14.1. The van der Waals surface area contributed by atoms with Crippen LogP contribution in [0.1, 0.15) is 90.4 Å². The van der Waals surface area contributed by atoms with Gasteiger partial charge in [-0.15, -0.1) is 0 Å². The quantitative estimate of drug-likeness (QED) is 0.156. The number of hydrogen-bond donors (Lipinski definition) is 0. The molecule has 0 N–H and O–H groups in total. The van der Waals surface area contributed by atoms with E-state index in [4.69, 9.17) is 20.5 Å². The van der Waals surface area contributed by atoms with E-state index in [1.165, 1.54) is 18.4 Å². The van der Waals surface area contributed by atoms with Gasteiger partial charge < -0.3 is 13.9 Å². The Kier molecular flexibility index (Phi) is 11.3. The van der Waals surface area contributed by atoms with E-state index in [1.54, 1.807) is 7.11 Å². The number of cyclic esters (lactones) is 1. The van der Waals surface area contributed by atoms with E-state index < -0.39 is 13.7 Å². The predicted octanol–water partition coefficient (Wildman–Crippen LogP) is 9.70. The zero-order chi connectivity index (χ0) is 30.3. The number of nitrogens with zero attached hydrogens (tertiary/aromatic N) is 1. The fourth-order valence-corrected chi connectivity index (χ4v) is 6.98. The van der Waals surface area contributed by atoms with Crippen LogP contribution in [0.3, 0.4) is 0 Å². The highest BCUT2D eigenvalue weighted by Crippen LogP contribution is 2.54. The lowest BCUT2D eigenvalue weighted by molar-refractivity contribution is 0.0281. The molecule has 2 aromatic rings. The zero-order valence-corrected chi connectivity index (χ0v) is 27.8. The van der Waals surface area contributed by atoms with Gasteiger partial charge in [0.2, 0.25) is 0 Å². The van der Waals surface area contributed by atoms with E-state index in [9.17, 15) is 4.79 Å². The Morgan fingerprint density at radius 2 is 1.71 bits per heavy atom. The number of methoxy groups -OCH3 is 1. The lowest BCUT2D eigenvalue weighted by atomic mass is 9.70. The zero-order valence-electron chi connectivity index (χ0n) is 26.8. The van der Waals surface area contributed by atoms with Crippen LogP contribution in [0.2, 0.25) is 18.1 Å². The molecular formula is C35H53NO4Si. The van der Waals surface area contributed by atoms with Gasteiger partial charge >= 0.3 is 6.09 Å². The van der Waals surface area contributed by atoms with Crippen LogP contribution in [0.15, 0.2) is 66.9 Å². The summed E-state index contributed by atoms with van der Waals surface area (Å²) >= 11 is 0. The molecule has 226 valence electrons. The average molecular weight is 580 g/mol. The minimum atomic E-state index is -2.24. The third kappa shape index (κ3) is 7.64. The summed E-state index contributed by atoms with van der Waals surface area (Å²) in [5.74, 6) is 0.815. The largest absolute Gasteiger partial charge is 0.497 e. The Bertz CT molecular complexity index is 1130. The van der Waals surface area contributed by atoms with E-state index in [0.717, 1.165) is 49.1 Å². The van der Waals surface area contributed by atoms with Crippen molar-refractivity contribution in [2.24, 2.45) is 5.41 Å². The summed E-state index contributed by atoms with van der Waals surface area (Å²) in [6.07, 6.45) is 6.37. The van der Waals surface area contributed by atoms with E-state index in [2.05, 4.69) is 72.0 Å². The van der Waals surface area contributed by atoms with Gasteiger partial charge in [-0.1, -0.05) is 109 Å². The molecule has 0 spiro atoms. The van der Waals surface area contributed by atoms with Gasteiger partial charge in [-0.3, -0.25) is 4.90 Å². The van der Waals surface area contributed by atoms with Gasteiger partial charge in [0, 0.05) is 11.1 Å². The Morgan fingerprint density at radius 1 is 1.05 bits per heavy atom. The van der Waals surface area contributed by atoms with Crippen molar-refractivity contribution < 1.29 is 18.7 Å². The van der Waals surface area contributed by atoms with Crippen LogP contribution in [0, 0.1) is 5.41 Å². The highest BCUT2D eigenvalue weighted by Gasteiger charge is 2.51. The first kappa shape index (κ1) is 32.9. The van der Waals surface area contributed by atoms with Crippen molar-refractivity contribution in [3.8, 4) is 5.75 Å². The van der Waals surface area contributed by atoms with Gasteiger partial charge in [0.1, 0.15) is 12.4 Å². The van der Waals surface area contributed by atoms with Crippen molar-refractivity contribution >= 4 is 14.4 Å². The summed E-state index contributed by atoms with van der Waals surface area (Å²) in [6, 6.07) is 18.5. The molecule has 0 saturated carbocycles. The molecule has 0 aliphatic carbocycles. The third-order valence-electron chi connectivity index (χ3n) is 9.39. The van der Waals surface area contributed by atoms with E-state index in [-0.39, 0.29) is 23.3 Å².